The Morgan fingerprint density at radius 2 is 2.22 bits per heavy atom. The Hall–Kier alpha value is -2.15. The zero-order chi connectivity index (χ0) is 16.6. The smallest absolute Gasteiger partial charge is 0.278 e. The Morgan fingerprint density at radius 1 is 1.43 bits per heavy atom. The Labute approximate surface area is 141 Å². The summed E-state index contributed by atoms with van der Waals surface area (Å²) in [7, 11) is 0. The van der Waals surface area contributed by atoms with Crippen molar-refractivity contribution in [2.24, 2.45) is 5.92 Å². The molecule has 1 aromatic carbocycles. The van der Waals surface area contributed by atoms with Gasteiger partial charge in [-0.2, -0.15) is 0 Å². The molecule has 7 heteroatoms. The van der Waals surface area contributed by atoms with Gasteiger partial charge in [0.25, 0.3) is 5.56 Å². The highest BCUT2D eigenvalue weighted by molar-refractivity contribution is 9.10. The fraction of sp³-hybridized carbons (Fsp3) is 0.312. The SMILES string of the molecule is CC(C)CNC(=O)Cn1cnc2c([nH]c3ccc(Br)cc32)c1=O. The Morgan fingerprint density at radius 3 is 2.96 bits per heavy atom. The molecule has 0 aliphatic carbocycles. The summed E-state index contributed by atoms with van der Waals surface area (Å²) in [5.74, 6) is 0.171. The number of benzene rings is 1. The minimum absolute atomic E-state index is 0.0342. The number of H-pyrrole nitrogens is 1. The van der Waals surface area contributed by atoms with Gasteiger partial charge < -0.3 is 10.3 Å². The number of carbonyl (C=O) groups excluding carboxylic acids is 1. The van der Waals surface area contributed by atoms with E-state index >= 15 is 0 Å². The van der Waals surface area contributed by atoms with Crippen molar-refractivity contribution in [2.75, 3.05) is 6.54 Å². The largest absolute Gasteiger partial charge is 0.354 e. The summed E-state index contributed by atoms with van der Waals surface area (Å²) < 4.78 is 2.24. The number of hydrogen-bond donors (Lipinski definition) is 2. The van der Waals surface area contributed by atoms with Gasteiger partial charge in [0.05, 0.1) is 6.33 Å². The van der Waals surface area contributed by atoms with Crippen molar-refractivity contribution in [3.8, 4) is 0 Å². The van der Waals surface area contributed by atoms with E-state index < -0.39 is 0 Å². The van der Waals surface area contributed by atoms with Gasteiger partial charge >= 0.3 is 0 Å². The summed E-state index contributed by atoms with van der Waals surface area (Å²) in [5, 5.41) is 3.67. The predicted molar refractivity (Wildman–Crippen MR) is 93.4 cm³/mol. The molecule has 0 fully saturated rings. The van der Waals surface area contributed by atoms with Gasteiger partial charge in [-0.25, -0.2) is 4.98 Å². The molecule has 1 amide bonds. The number of fused-ring (bicyclic) bond motifs is 3. The van der Waals surface area contributed by atoms with Gasteiger partial charge in [0.1, 0.15) is 17.6 Å². The molecule has 2 aromatic heterocycles. The topological polar surface area (TPSA) is 79.8 Å². The number of hydrogen-bond acceptors (Lipinski definition) is 3. The van der Waals surface area contributed by atoms with Gasteiger partial charge in [0, 0.05) is 21.9 Å². The van der Waals surface area contributed by atoms with Gasteiger partial charge in [0.2, 0.25) is 5.91 Å². The maximum Gasteiger partial charge on any atom is 0.278 e. The lowest BCUT2D eigenvalue weighted by Gasteiger charge is -2.08. The molecule has 0 unspecified atom stereocenters. The standard InChI is InChI=1S/C16H17BrN4O2/c1-9(2)6-18-13(22)7-21-8-19-14-11-5-10(17)3-4-12(11)20-15(14)16(21)23/h3-5,8-9,20H,6-7H2,1-2H3,(H,18,22). The minimum atomic E-state index is -0.248. The van der Waals surface area contributed by atoms with E-state index in [9.17, 15) is 9.59 Å². The summed E-state index contributed by atoms with van der Waals surface area (Å²) >= 11 is 3.42. The summed E-state index contributed by atoms with van der Waals surface area (Å²) in [6.07, 6.45) is 1.42. The average Bonchev–Trinajstić information content (AvgIpc) is 2.87. The van der Waals surface area contributed by atoms with E-state index in [0.717, 1.165) is 15.4 Å². The van der Waals surface area contributed by atoms with Gasteiger partial charge in [-0.05, 0) is 24.1 Å². The number of amides is 1. The molecule has 0 aliphatic rings. The van der Waals surface area contributed by atoms with Crippen LogP contribution in [0.1, 0.15) is 13.8 Å². The number of aromatic amines is 1. The molecule has 0 atom stereocenters. The Kier molecular flexibility index (Phi) is 4.21. The summed E-state index contributed by atoms with van der Waals surface area (Å²) in [4.78, 5) is 31.9. The second-order valence-corrected chi connectivity index (χ2v) is 6.83. The second kappa shape index (κ2) is 6.16. The van der Waals surface area contributed by atoms with E-state index in [1.54, 1.807) is 0 Å². The van der Waals surface area contributed by atoms with Crippen molar-refractivity contribution in [1.29, 1.82) is 0 Å². The van der Waals surface area contributed by atoms with Crippen LogP contribution in [-0.2, 0) is 11.3 Å². The summed E-state index contributed by atoms with van der Waals surface area (Å²) in [6, 6.07) is 5.70. The first-order valence-electron chi connectivity index (χ1n) is 7.39. The van der Waals surface area contributed by atoms with Crippen molar-refractivity contribution in [1.82, 2.24) is 19.9 Å². The van der Waals surface area contributed by atoms with Crippen LogP contribution >= 0.6 is 15.9 Å². The number of nitrogens with zero attached hydrogens (tertiary/aromatic N) is 2. The number of halogens is 1. The third kappa shape index (κ3) is 3.14. The van der Waals surface area contributed by atoms with E-state index in [1.807, 2.05) is 32.0 Å². The molecule has 0 radical (unpaired) electrons. The molecule has 120 valence electrons. The first-order valence-corrected chi connectivity index (χ1v) is 8.18. The Bertz CT molecular complexity index is 942. The van der Waals surface area contributed by atoms with Crippen molar-refractivity contribution >= 4 is 43.8 Å². The fourth-order valence-electron chi connectivity index (χ4n) is 2.40. The molecule has 3 aromatic rings. The molecule has 23 heavy (non-hydrogen) atoms. The van der Waals surface area contributed by atoms with Gasteiger partial charge in [-0.1, -0.05) is 29.8 Å². The molecule has 0 aliphatic heterocycles. The number of nitrogens with one attached hydrogen (secondary N) is 2. The molecule has 0 saturated heterocycles. The second-order valence-electron chi connectivity index (χ2n) is 5.91. The third-order valence-corrected chi connectivity index (χ3v) is 4.05. The molecule has 0 saturated carbocycles. The van der Waals surface area contributed by atoms with Crippen LogP contribution in [-0.4, -0.2) is 27.0 Å². The lowest BCUT2D eigenvalue weighted by Crippen LogP contribution is -2.34. The zero-order valence-corrected chi connectivity index (χ0v) is 14.5. The number of carbonyl (C=O) groups is 1. The summed E-state index contributed by atoms with van der Waals surface area (Å²) in [6.45, 7) is 4.59. The molecule has 0 spiro atoms. The predicted octanol–water partition coefficient (Wildman–Crippen LogP) is 2.41. The van der Waals surface area contributed by atoms with Crippen LogP contribution in [0.15, 0.2) is 33.8 Å². The molecular formula is C16H17BrN4O2. The average molecular weight is 377 g/mol. The van der Waals surface area contributed by atoms with E-state index in [2.05, 4.69) is 31.2 Å². The van der Waals surface area contributed by atoms with Crippen molar-refractivity contribution < 1.29 is 4.79 Å². The normalized spacial score (nSPS) is 11.5. The fourth-order valence-corrected chi connectivity index (χ4v) is 2.76. The highest BCUT2D eigenvalue weighted by Gasteiger charge is 2.13. The zero-order valence-electron chi connectivity index (χ0n) is 12.9. The van der Waals surface area contributed by atoms with Gasteiger partial charge in [0.15, 0.2) is 0 Å². The summed E-state index contributed by atoms with van der Waals surface area (Å²) in [5.41, 5.74) is 1.62. The van der Waals surface area contributed by atoms with Crippen LogP contribution in [0.25, 0.3) is 21.9 Å². The van der Waals surface area contributed by atoms with E-state index in [-0.39, 0.29) is 18.0 Å². The first kappa shape index (κ1) is 15.7. The molecular weight excluding hydrogens is 360 g/mol. The minimum Gasteiger partial charge on any atom is -0.354 e. The number of rotatable bonds is 4. The van der Waals surface area contributed by atoms with E-state index in [1.165, 1.54) is 10.9 Å². The maximum absolute atomic E-state index is 12.6. The molecule has 0 bridgehead atoms. The monoisotopic (exact) mass is 376 g/mol. The highest BCUT2D eigenvalue weighted by atomic mass is 79.9. The van der Waals surface area contributed by atoms with Crippen molar-refractivity contribution in [3.05, 3.63) is 39.4 Å². The van der Waals surface area contributed by atoms with Crippen LogP contribution in [0.5, 0.6) is 0 Å². The maximum atomic E-state index is 12.6. The first-order chi connectivity index (χ1) is 11.0. The van der Waals surface area contributed by atoms with E-state index in [0.29, 0.717) is 23.5 Å². The van der Waals surface area contributed by atoms with Crippen molar-refractivity contribution in [3.63, 3.8) is 0 Å². The van der Waals surface area contributed by atoms with Gasteiger partial charge in [-0.3, -0.25) is 14.2 Å². The van der Waals surface area contributed by atoms with Crippen molar-refractivity contribution in [2.45, 2.75) is 20.4 Å². The molecule has 2 heterocycles. The van der Waals surface area contributed by atoms with Crippen LogP contribution in [0.4, 0.5) is 0 Å². The Balaban J connectivity index is 1.97. The highest BCUT2D eigenvalue weighted by Crippen LogP contribution is 2.24. The van der Waals surface area contributed by atoms with E-state index in [4.69, 9.17) is 0 Å². The molecule has 6 nitrogen and oxygen atoms in total. The lowest BCUT2D eigenvalue weighted by molar-refractivity contribution is -0.121. The van der Waals surface area contributed by atoms with Crippen LogP contribution in [0.3, 0.4) is 0 Å². The molecule has 3 rings (SSSR count). The van der Waals surface area contributed by atoms with Gasteiger partial charge in [-0.15, -0.1) is 0 Å². The quantitative estimate of drug-likeness (QED) is 0.733. The van der Waals surface area contributed by atoms with Crippen LogP contribution < -0.4 is 10.9 Å². The number of aromatic nitrogens is 3. The van der Waals surface area contributed by atoms with Crippen LogP contribution in [0.2, 0.25) is 0 Å². The lowest BCUT2D eigenvalue weighted by atomic mass is 10.2. The van der Waals surface area contributed by atoms with Crippen LogP contribution in [0, 0.1) is 5.92 Å². The molecule has 2 N–H and O–H groups in total. The third-order valence-electron chi connectivity index (χ3n) is 3.56.